The van der Waals surface area contributed by atoms with Gasteiger partial charge in [-0.05, 0) is 90.9 Å². The number of hydrogen-bond acceptors (Lipinski definition) is 2. The quantitative estimate of drug-likeness (QED) is 0.796. The van der Waals surface area contributed by atoms with Crippen molar-refractivity contribution >= 4 is 5.91 Å². The number of fused-ring (bicyclic) bond motifs is 4. The Labute approximate surface area is 152 Å². The van der Waals surface area contributed by atoms with Gasteiger partial charge in [-0.2, -0.15) is 0 Å². The van der Waals surface area contributed by atoms with Gasteiger partial charge in [-0.25, -0.2) is 0 Å². The Morgan fingerprint density at radius 2 is 2.16 bits per heavy atom. The maximum absolute atomic E-state index is 11.2. The fraction of sp³-hybridized carbons (Fsp3) is 0.682. The van der Waals surface area contributed by atoms with Crippen molar-refractivity contribution in [3.8, 4) is 5.75 Å². The molecule has 0 aromatic heterocycles. The molecule has 3 nitrogen and oxygen atoms in total. The first-order valence-corrected chi connectivity index (χ1v) is 9.94. The molecule has 0 saturated heterocycles. The van der Waals surface area contributed by atoms with Gasteiger partial charge in [-0.1, -0.05) is 26.8 Å². The predicted molar refractivity (Wildman–Crippen MR) is 101 cm³/mol. The molecule has 2 aliphatic rings. The molecule has 3 rings (SSSR count). The molecular weight excluding hydrogens is 310 g/mol. The number of hydrogen-bond donors (Lipinski definition) is 2. The van der Waals surface area contributed by atoms with Crippen LogP contribution in [0.4, 0.5) is 0 Å². The fourth-order valence-corrected chi connectivity index (χ4v) is 5.85. The number of aromatic hydroxyl groups is 1. The lowest BCUT2D eigenvalue weighted by Gasteiger charge is -2.55. The minimum Gasteiger partial charge on any atom is -0.508 e. The third-order valence-electron chi connectivity index (χ3n) is 6.99. The van der Waals surface area contributed by atoms with Crippen molar-refractivity contribution in [2.45, 2.75) is 71.1 Å². The molecular formula is C22H33NO2. The van der Waals surface area contributed by atoms with Crippen LogP contribution in [0.2, 0.25) is 0 Å². The van der Waals surface area contributed by atoms with Crippen molar-refractivity contribution in [1.82, 2.24) is 0 Å². The lowest BCUT2D eigenvalue weighted by atomic mass is 9.49. The number of rotatable bonds is 6. The Balaban J connectivity index is 1.96. The number of carbonyl (C=O) groups excluding carboxylic acids is 1. The normalized spacial score (nSPS) is 31.0. The standard InChI is InChI=1S/C22H33NO2/c1-14(2)11-16-8-10-22(9-4-5-21(23)25)15(3)19(16)12-17-6-7-18(24)13-20(17)22/h6-7,13-16,19,24H,4-5,8-12H2,1-3H3,(H2,23,25)/t15-,16?,19+,22?/m0/s1. The molecule has 3 N–H and O–H groups in total. The first-order chi connectivity index (χ1) is 11.8. The predicted octanol–water partition coefficient (Wildman–Crippen LogP) is 4.55. The monoisotopic (exact) mass is 343 g/mol. The van der Waals surface area contributed by atoms with Crippen LogP contribution in [0.3, 0.4) is 0 Å². The van der Waals surface area contributed by atoms with Crippen LogP contribution in [0.1, 0.15) is 70.4 Å². The summed E-state index contributed by atoms with van der Waals surface area (Å²) in [5.41, 5.74) is 8.23. The van der Waals surface area contributed by atoms with E-state index in [1.165, 1.54) is 24.0 Å². The summed E-state index contributed by atoms with van der Waals surface area (Å²) in [5, 5.41) is 10.1. The third kappa shape index (κ3) is 3.43. The van der Waals surface area contributed by atoms with Gasteiger partial charge in [0.25, 0.3) is 0 Å². The lowest BCUT2D eigenvalue weighted by molar-refractivity contribution is -0.118. The van der Waals surface area contributed by atoms with E-state index in [2.05, 4.69) is 26.8 Å². The second kappa shape index (κ2) is 7.01. The maximum atomic E-state index is 11.2. The van der Waals surface area contributed by atoms with E-state index in [0.717, 1.165) is 37.5 Å². The van der Waals surface area contributed by atoms with Gasteiger partial charge in [0, 0.05) is 6.42 Å². The topological polar surface area (TPSA) is 63.3 Å². The summed E-state index contributed by atoms with van der Waals surface area (Å²) >= 11 is 0. The first kappa shape index (κ1) is 18.3. The summed E-state index contributed by atoms with van der Waals surface area (Å²) < 4.78 is 0. The number of primary amides is 1. The molecule has 2 unspecified atom stereocenters. The van der Waals surface area contributed by atoms with Crippen LogP contribution in [0, 0.1) is 23.7 Å². The average molecular weight is 344 g/mol. The van der Waals surface area contributed by atoms with E-state index in [1.54, 1.807) is 0 Å². The zero-order valence-electron chi connectivity index (χ0n) is 15.9. The summed E-state index contributed by atoms with van der Waals surface area (Å²) in [7, 11) is 0. The van der Waals surface area contributed by atoms with E-state index < -0.39 is 0 Å². The summed E-state index contributed by atoms with van der Waals surface area (Å²) in [6.45, 7) is 7.07. The molecule has 1 aromatic carbocycles. The highest BCUT2D eigenvalue weighted by molar-refractivity contribution is 5.73. The SMILES string of the molecule is CC(C)CC1CCC2(CCCC(N)=O)c3cc(O)ccc3C[C@@H]1[C@@H]2C. The number of phenolic OH excluding ortho intramolecular Hbond substituents is 1. The van der Waals surface area contributed by atoms with Crippen molar-refractivity contribution in [3.63, 3.8) is 0 Å². The summed E-state index contributed by atoms with van der Waals surface area (Å²) in [6, 6.07) is 5.96. The molecule has 25 heavy (non-hydrogen) atoms. The van der Waals surface area contributed by atoms with Crippen molar-refractivity contribution in [2.24, 2.45) is 29.4 Å². The molecule has 0 aliphatic heterocycles. The molecule has 138 valence electrons. The van der Waals surface area contributed by atoms with Gasteiger partial charge < -0.3 is 10.8 Å². The van der Waals surface area contributed by atoms with Crippen LogP contribution in [0.15, 0.2) is 18.2 Å². The van der Waals surface area contributed by atoms with E-state index in [4.69, 9.17) is 5.73 Å². The molecule has 1 saturated carbocycles. The minimum absolute atomic E-state index is 0.0971. The van der Waals surface area contributed by atoms with Crippen LogP contribution >= 0.6 is 0 Å². The van der Waals surface area contributed by atoms with Gasteiger partial charge in [0.15, 0.2) is 0 Å². The van der Waals surface area contributed by atoms with E-state index in [-0.39, 0.29) is 11.3 Å². The molecule has 0 radical (unpaired) electrons. The summed E-state index contributed by atoms with van der Waals surface area (Å²) in [5.74, 6) is 2.99. The molecule has 2 bridgehead atoms. The van der Waals surface area contributed by atoms with Crippen LogP contribution in [0.5, 0.6) is 5.75 Å². The highest BCUT2D eigenvalue weighted by Gasteiger charge is 2.51. The first-order valence-electron chi connectivity index (χ1n) is 9.94. The van der Waals surface area contributed by atoms with Gasteiger partial charge in [-0.3, -0.25) is 4.79 Å². The second-order valence-electron chi connectivity index (χ2n) is 8.90. The Hall–Kier alpha value is -1.51. The fourth-order valence-electron chi connectivity index (χ4n) is 5.85. The van der Waals surface area contributed by atoms with E-state index >= 15 is 0 Å². The summed E-state index contributed by atoms with van der Waals surface area (Å²) in [4.78, 5) is 11.2. The molecule has 1 aromatic rings. The zero-order valence-corrected chi connectivity index (χ0v) is 15.9. The van der Waals surface area contributed by atoms with Crippen molar-refractivity contribution in [1.29, 1.82) is 0 Å². The Morgan fingerprint density at radius 1 is 1.40 bits per heavy atom. The highest BCUT2D eigenvalue weighted by Crippen LogP contribution is 2.57. The minimum atomic E-state index is -0.207. The number of phenols is 1. The van der Waals surface area contributed by atoms with E-state index in [1.807, 2.05) is 12.1 Å². The molecule has 0 heterocycles. The van der Waals surface area contributed by atoms with Crippen LogP contribution in [0.25, 0.3) is 0 Å². The summed E-state index contributed by atoms with van der Waals surface area (Å²) in [6.07, 6.45) is 7.17. The zero-order chi connectivity index (χ0) is 18.2. The Kier molecular flexibility index (Phi) is 5.13. The average Bonchev–Trinajstić information content (AvgIpc) is 2.52. The van der Waals surface area contributed by atoms with Gasteiger partial charge in [0.2, 0.25) is 5.91 Å². The van der Waals surface area contributed by atoms with E-state index in [9.17, 15) is 9.90 Å². The van der Waals surface area contributed by atoms with Crippen LogP contribution in [-0.2, 0) is 16.6 Å². The van der Waals surface area contributed by atoms with Gasteiger partial charge in [0.1, 0.15) is 5.75 Å². The largest absolute Gasteiger partial charge is 0.508 e. The van der Waals surface area contributed by atoms with Gasteiger partial charge >= 0.3 is 0 Å². The molecule has 3 heteroatoms. The molecule has 0 spiro atoms. The highest BCUT2D eigenvalue weighted by atomic mass is 16.3. The smallest absolute Gasteiger partial charge is 0.217 e. The van der Waals surface area contributed by atoms with Crippen molar-refractivity contribution in [3.05, 3.63) is 29.3 Å². The number of nitrogens with two attached hydrogens (primary N) is 1. The second-order valence-corrected chi connectivity index (χ2v) is 8.90. The maximum Gasteiger partial charge on any atom is 0.217 e. The molecule has 1 fully saturated rings. The molecule has 4 atom stereocenters. The van der Waals surface area contributed by atoms with Crippen molar-refractivity contribution in [2.75, 3.05) is 0 Å². The van der Waals surface area contributed by atoms with E-state index in [0.29, 0.717) is 24.0 Å². The number of benzene rings is 1. The number of carbonyl (C=O) groups is 1. The number of amides is 1. The van der Waals surface area contributed by atoms with Gasteiger partial charge in [0.05, 0.1) is 0 Å². The third-order valence-corrected chi connectivity index (χ3v) is 6.99. The lowest BCUT2D eigenvalue weighted by Crippen LogP contribution is -2.49. The van der Waals surface area contributed by atoms with Crippen LogP contribution < -0.4 is 5.73 Å². The Bertz CT molecular complexity index is 639. The van der Waals surface area contributed by atoms with Gasteiger partial charge in [-0.15, -0.1) is 0 Å². The van der Waals surface area contributed by atoms with Crippen molar-refractivity contribution < 1.29 is 9.90 Å². The molecule has 1 amide bonds. The molecule has 2 aliphatic carbocycles. The van der Waals surface area contributed by atoms with Crippen LogP contribution in [-0.4, -0.2) is 11.0 Å². The Morgan fingerprint density at radius 3 is 2.84 bits per heavy atom.